The summed E-state index contributed by atoms with van der Waals surface area (Å²) >= 11 is 1.36. The number of rotatable bonds is 4. The van der Waals surface area contributed by atoms with Crippen LogP contribution in [0.4, 0.5) is 5.69 Å². The lowest BCUT2D eigenvalue weighted by atomic mass is 10.0. The Balaban J connectivity index is 1.89. The summed E-state index contributed by atoms with van der Waals surface area (Å²) in [6.07, 6.45) is 1.91. The largest absolute Gasteiger partial charge is 0.508 e. The van der Waals surface area contributed by atoms with Gasteiger partial charge >= 0.3 is 0 Å². The van der Waals surface area contributed by atoms with E-state index in [9.17, 15) is 9.90 Å². The van der Waals surface area contributed by atoms with Gasteiger partial charge in [-0.15, -0.1) is 0 Å². The lowest BCUT2D eigenvalue weighted by Crippen LogP contribution is -2.28. The summed E-state index contributed by atoms with van der Waals surface area (Å²) in [5.74, 6) is 0.602. The number of likely N-dealkylation sites (N-methyl/N-ethyl adjacent to an activating group) is 1. The van der Waals surface area contributed by atoms with Gasteiger partial charge in [0.1, 0.15) is 5.75 Å². The Kier molecular flexibility index (Phi) is 5.47. The van der Waals surface area contributed by atoms with Crippen LogP contribution in [0.5, 0.6) is 5.75 Å². The number of aliphatic imine (C=N–C) groups is 1. The van der Waals surface area contributed by atoms with Gasteiger partial charge in [-0.1, -0.05) is 44.2 Å². The summed E-state index contributed by atoms with van der Waals surface area (Å²) in [5.41, 5.74) is 2.90. The highest BCUT2D eigenvalue weighted by Gasteiger charge is 2.32. The number of amides is 1. The minimum absolute atomic E-state index is 0.0376. The van der Waals surface area contributed by atoms with E-state index in [4.69, 9.17) is 0 Å². The highest BCUT2D eigenvalue weighted by atomic mass is 32.2. The van der Waals surface area contributed by atoms with Gasteiger partial charge in [-0.3, -0.25) is 9.69 Å². The molecule has 134 valence electrons. The van der Waals surface area contributed by atoms with E-state index in [0.29, 0.717) is 28.2 Å². The summed E-state index contributed by atoms with van der Waals surface area (Å²) in [7, 11) is 0. The highest BCUT2D eigenvalue weighted by Crippen LogP contribution is 2.34. The van der Waals surface area contributed by atoms with Crippen molar-refractivity contribution in [3.8, 4) is 5.75 Å². The van der Waals surface area contributed by atoms with Gasteiger partial charge in [-0.2, -0.15) is 0 Å². The van der Waals surface area contributed by atoms with Crippen LogP contribution in [-0.4, -0.2) is 27.6 Å². The molecule has 1 N–H and O–H groups in total. The highest BCUT2D eigenvalue weighted by molar-refractivity contribution is 8.18. The van der Waals surface area contributed by atoms with Gasteiger partial charge in [0, 0.05) is 12.6 Å². The first-order valence-electron chi connectivity index (χ1n) is 8.67. The van der Waals surface area contributed by atoms with Crippen LogP contribution in [0.1, 0.15) is 37.8 Å². The van der Waals surface area contributed by atoms with E-state index in [1.54, 1.807) is 29.2 Å². The van der Waals surface area contributed by atoms with Gasteiger partial charge in [0.25, 0.3) is 5.91 Å². The Morgan fingerprint density at radius 3 is 2.54 bits per heavy atom. The Morgan fingerprint density at radius 1 is 1.19 bits per heavy atom. The number of aromatic hydroxyl groups is 1. The maximum atomic E-state index is 12.7. The molecule has 1 heterocycles. The van der Waals surface area contributed by atoms with Crippen molar-refractivity contribution in [3.05, 3.63) is 64.6 Å². The second-order valence-corrected chi connectivity index (χ2v) is 7.40. The average Bonchev–Trinajstić information content (AvgIpc) is 2.90. The van der Waals surface area contributed by atoms with E-state index in [0.717, 1.165) is 5.56 Å². The number of thioether (sulfide) groups is 1. The molecule has 4 nitrogen and oxygen atoms in total. The zero-order chi connectivity index (χ0) is 18.7. The van der Waals surface area contributed by atoms with Crippen LogP contribution in [0, 0.1) is 0 Å². The van der Waals surface area contributed by atoms with Gasteiger partial charge in [0.2, 0.25) is 0 Å². The predicted octanol–water partition coefficient (Wildman–Crippen LogP) is 5.14. The Bertz CT molecular complexity index is 870. The molecule has 0 radical (unpaired) electrons. The standard InChI is InChI=1S/C21H22N2O2S/c1-4-23-20(25)19(12-15-8-10-16(11-9-15)14(2)3)26-21(23)22-17-6-5-7-18(24)13-17/h5-14,24H,4H2,1-3H3/b19-12-,22-21?. The van der Waals surface area contributed by atoms with Crippen LogP contribution < -0.4 is 0 Å². The maximum absolute atomic E-state index is 12.7. The molecule has 2 aromatic rings. The molecule has 3 rings (SSSR count). The quantitative estimate of drug-likeness (QED) is 0.762. The van der Waals surface area contributed by atoms with E-state index in [1.807, 2.05) is 25.1 Å². The maximum Gasteiger partial charge on any atom is 0.266 e. The molecule has 0 aliphatic carbocycles. The van der Waals surface area contributed by atoms with E-state index in [1.165, 1.54) is 17.3 Å². The van der Waals surface area contributed by atoms with Crippen LogP contribution in [0.2, 0.25) is 0 Å². The third-order valence-electron chi connectivity index (χ3n) is 4.16. The Labute approximate surface area is 158 Å². The number of phenols is 1. The molecule has 1 aliphatic heterocycles. The van der Waals surface area contributed by atoms with Gasteiger partial charge in [-0.25, -0.2) is 4.99 Å². The van der Waals surface area contributed by atoms with Gasteiger partial charge in [0.15, 0.2) is 5.17 Å². The minimum Gasteiger partial charge on any atom is -0.508 e. The van der Waals surface area contributed by atoms with Crippen LogP contribution in [-0.2, 0) is 4.79 Å². The fourth-order valence-corrected chi connectivity index (χ4v) is 3.73. The van der Waals surface area contributed by atoms with E-state index >= 15 is 0 Å². The molecule has 0 aromatic heterocycles. The summed E-state index contributed by atoms with van der Waals surface area (Å²) in [6, 6.07) is 15.0. The first-order valence-corrected chi connectivity index (χ1v) is 9.48. The first kappa shape index (κ1) is 18.3. The first-order chi connectivity index (χ1) is 12.5. The Morgan fingerprint density at radius 2 is 1.92 bits per heavy atom. The third-order valence-corrected chi connectivity index (χ3v) is 5.17. The zero-order valence-corrected chi connectivity index (χ0v) is 16.0. The van der Waals surface area contributed by atoms with Crippen molar-refractivity contribution in [2.45, 2.75) is 26.7 Å². The number of benzene rings is 2. The lowest BCUT2D eigenvalue weighted by Gasteiger charge is -2.12. The van der Waals surface area contributed by atoms with Crippen molar-refractivity contribution in [2.75, 3.05) is 6.54 Å². The molecule has 5 heteroatoms. The molecule has 0 unspecified atom stereocenters. The second-order valence-electron chi connectivity index (χ2n) is 6.40. The molecule has 1 saturated heterocycles. The third kappa shape index (κ3) is 3.99. The number of amidine groups is 1. The number of carbonyl (C=O) groups is 1. The predicted molar refractivity (Wildman–Crippen MR) is 109 cm³/mol. The average molecular weight is 366 g/mol. The number of hydrogen-bond donors (Lipinski definition) is 1. The monoisotopic (exact) mass is 366 g/mol. The van der Waals surface area contributed by atoms with Crippen LogP contribution in [0.25, 0.3) is 6.08 Å². The van der Waals surface area contributed by atoms with Crippen LogP contribution >= 0.6 is 11.8 Å². The minimum atomic E-state index is -0.0376. The zero-order valence-electron chi connectivity index (χ0n) is 15.1. The summed E-state index contributed by atoms with van der Waals surface area (Å²) in [4.78, 5) is 19.5. The van der Waals surface area contributed by atoms with Crippen LogP contribution in [0.15, 0.2) is 58.4 Å². The molecule has 1 amide bonds. The fraction of sp³-hybridized carbons (Fsp3) is 0.238. The molecular formula is C21H22N2O2S. The SMILES string of the molecule is CCN1C(=O)/C(=C/c2ccc(C(C)C)cc2)SC1=Nc1cccc(O)c1. The molecule has 2 aromatic carbocycles. The molecule has 0 spiro atoms. The molecule has 0 saturated carbocycles. The number of carbonyl (C=O) groups excluding carboxylic acids is 1. The molecule has 0 atom stereocenters. The summed E-state index contributed by atoms with van der Waals surface area (Å²) in [5, 5.41) is 10.2. The second kappa shape index (κ2) is 7.79. The van der Waals surface area contributed by atoms with E-state index in [-0.39, 0.29) is 11.7 Å². The molecular weight excluding hydrogens is 344 g/mol. The topological polar surface area (TPSA) is 52.9 Å². The molecule has 1 aliphatic rings. The van der Waals surface area contributed by atoms with Crippen molar-refractivity contribution in [2.24, 2.45) is 4.99 Å². The van der Waals surface area contributed by atoms with Gasteiger partial charge < -0.3 is 5.11 Å². The van der Waals surface area contributed by atoms with Crippen molar-refractivity contribution in [1.82, 2.24) is 4.90 Å². The van der Waals surface area contributed by atoms with Crippen molar-refractivity contribution >= 4 is 34.6 Å². The molecule has 26 heavy (non-hydrogen) atoms. The van der Waals surface area contributed by atoms with Crippen molar-refractivity contribution in [3.63, 3.8) is 0 Å². The van der Waals surface area contributed by atoms with Gasteiger partial charge in [0.05, 0.1) is 10.6 Å². The summed E-state index contributed by atoms with van der Waals surface area (Å²) < 4.78 is 0. The number of phenolic OH excluding ortho intramolecular Hbond substituents is 1. The molecule has 0 bridgehead atoms. The van der Waals surface area contributed by atoms with Crippen LogP contribution in [0.3, 0.4) is 0 Å². The normalized spacial score (nSPS) is 17.7. The van der Waals surface area contributed by atoms with E-state index in [2.05, 4.69) is 31.0 Å². The molecule has 1 fully saturated rings. The Hall–Kier alpha value is -2.53. The van der Waals surface area contributed by atoms with E-state index < -0.39 is 0 Å². The van der Waals surface area contributed by atoms with Gasteiger partial charge in [-0.05, 0) is 53.9 Å². The van der Waals surface area contributed by atoms with Crippen molar-refractivity contribution < 1.29 is 9.90 Å². The number of hydrogen-bond acceptors (Lipinski definition) is 4. The summed E-state index contributed by atoms with van der Waals surface area (Å²) in [6.45, 7) is 6.80. The number of nitrogens with zero attached hydrogens (tertiary/aromatic N) is 2. The smallest absolute Gasteiger partial charge is 0.266 e. The van der Waals surface area contributed by atoms with Crippen molar-refractivity contribution in [1.29, 1.82) is 0 Å². The lowest BCUT2D eigenvalue weighted by molar-refractivity contribution is -0.122. The fourth-order valence-electron chi connectivity index (χ4n) is 2.67.